The maximum atomic E-state index is 10.4. The van der Waals surface area contributed by atoms with Gasteiger partial charge in [0.1, 0.15) is 0 Å². The van der Waals surface area contributed by atoms with Crippen molar-refractivity contribution in [2.24, 2.45) is 7.05 Å². The second-order valence-electron chi connectivity index (χ2n) is 4.01. The molecule has 0 aliphatic carbocycles. The van der Waals surface area contributed by atoms with E-state index in [4.69, 9.17) is 0 Å². The van der Waals surface area contributed by atoms with Crippen LogP contribution in [0.5, 0.6) is 0 Å². The second-order valence-corrected chi connectivity index (χ2v) is 4.96. The summed E-state index contributed by atoms with van der Waals surface area (Å²) in [4.78, 5) is 0. The number of aryl methyl sites for hydroxylation is 1. The number of nitrogens with zero attached hydrogens (tertiary/aromatic N) is 4. The third-order valence-corrected chi connectivity index (χ3v) is 3.77. The van der Waals surface area contributed by atoms with Crippen molar-refractivity contribution in [2.75, 3.05) is 5.75 Å². The minimum Gasteiger partial charge on any atom is -0.385 e. The van der Waals surface area contributed by atoms with E-state index in [9.17, 15) is 5.11 Å². The largest absolute Gasteiger partial charge is 0.385 e. The first-order chi connectivity index (χ1) is 8.09. The Labute approximate surface area is 104 Å². The molecule has 2 aromatic rings. The zero-order valence-corrected chi connectivity index (χ0v) is 10.6. The van der Waals surface area contributed by atoms with Gasteiger partial charge in [-0.05, 0) is 22.9 Å². The molecular formula is C11H14N4OS. The minimum atomic E-state index is -0.891. The van der Waals surface area contributed by atoms with Gasteiger partial charge in [-0.3, -0.25) is 0 Å². The molecule has 17 heavy (non-hydrogen) atoms. The molecule has 0 bridgehead atoms. The van der Waals surface area contributed by atoms with Crippen LogP contribution in [0.15, 0.2) is 35.5 Å². The topological polar surface area (TPSA) is 63.8 Å². The molecular weight excluding hydrogens is 236 g/mol. The van der Waals surface area contributed by atoms with Crippen LogP contribution < -0.4 is 0 Å². The number of hydrogen-bond donors (Lipinski definition) is 1. The van der Waals surface area contributed by atoms with Crippen molar-refractivity contribution in [2.45, 2.75) is 17.7 Å². The molecule has 0 aliphatic rings. The summed E-state index contributed by atoms with van der Waals surface area (Å²) >= 11 is 1.43. The van der Waals surface area contributed by atoms with E-state index in [0.29, 0.717) is 10.9 Å². The summed E-state index contributed by atoms with van der Waals surface area (Å²) in [6.45, 7) is 1.79. The number of thioether (sulfide) groups is 1. The molecule has 0 aliphatic heterocycles. The van der Waals surface area contributed by atoms with Gasteiger partial charge in [0.15, 0.2) is 0 Å². The second kappa shape index (κ2) is 4.85. The molecule has 0 amide bonds. The molecule has 1 aromatic heterocycles. The van der Waals surface area contributed by atoms with Gasteiger partial charge in [0.25, 0.3) is 0 Å². The van der Waals surface area contributed by atoms with Crippen molar-refractivity contribution in [3.05, 3.63) is 35.9 Å². The molecule has 90 valence electrons. The summed E-state index contributed by atoms with van der Waals surface area (Å²) < 4.78 is 1.59. The van der Waals surface area contributed by atoms with Crippen LogP contribution in [0, 0.1) is 0 Å². The highest BCUT2D eigenvalue weighted by atomic mass is 32.2. The summed E-state index contributed by atoms with van der Waals surface area (Å²) in [5, 5.41) is 22.2. The lowest BCUT2D eigenvalue weighted by molar-refractivity contribution is 0.0838. The van der Waals surface area contributed by atoms with E-state index >= 15 is 0 Å². The molecule has 0 saturated heterocycles. The SMILES string of the molecule is Cn1nnnc1SCC(C)(O)c1ccccc1. The van der Waals surface area contributed by atoms with Gasteiger partial charge in [-0.1, -0.05) is 42.1 Å². The molecule has 0 spiro atoms. The van der Waals surface area contributed by atoms with Crippen LogP contribution >= 0.6 is 11.8 Å². The summed E-state index contributed by atoms with van der Waals surface area (Å²) in [6.07, 6.45) is 0. The third-order valence-electron chi connectivity index (χ3n) is 2.46. The molecule has 5 nitrogen and oxygen atoms in total. The molecule has 0 saturated carbocycles. The fourth-order valence-electron chi connectivity index (χ4n) is 1.43. The standard InChI is InChI=1S/C11H14N4OS/c1-11(16,9-6-4-3-5-7-9)8-17-10-12-13-14-15(10)2/h3-7,16H,8H2,1-2H3. The molecule has 6 heteroatoms. The number of rotatable bonds is 4. The first-order valence-corrected chi connectivity index (χ1v) is 6.21. The van der Waals surface area contributed by atoms with Crippen LogP contribution in [-0.4, -0.2) is 31.1 Å². The Morgan fingerprint density at radius 3 is 2.65 bits per heavy atom. The molecule has 0 fully saturated rings. The van der Waals surface area contributed by atoms with E-state index < -0.39 is 5.60 Å². The molecule has 1 atom stereocenters. The number of tetrazole rings is 1. The van der Waals surface area contributed by atoms with Gasteiger partial charge in [-0.15, -0.1) is 5.10 Å². The van der Waals surface area contributed by atoms with E-state index in [-0.39, 0.29) is 0 Å². The van der Waals surface area contributed by atoms with Crippen molar-refractivity contribution < 1.29 is 5.11 Å². The Hall–Kier alpha value is -1.40. The fourth-order valence-corrected chi connectivity index (χ4v) is 2.32. The Bertz CT molecular complexity index is 483. The van der Waals surface area contributed by atoms with Crippen molar-refractivity contribution in [3.8, 4) is 0 Å². The average Bonchev–Trinajstić information content (AvgIpc) is 2.74. The van der Waals surface area contributed by atoms with Gasteiger partial charge in [0, 0.05) is 12.8 Å². The average molecular weight is 250 g/mol. The van der Waals surface area contributed by atoms with Gasteiger partial charge in [0.05, 0.1) is 5.60 Å². The van der Waals surface area contributed by atoms with Crippen molar-refractivity contribution in [1.29, 1.82) is 0 Å². The van der Waals surface area contributed by atoms with Crippen LogP contribution in [0.4, 0.5) is 0 Å². The molecule has 1 N–H and O–H groups in total. The monoisotopic (exact) mass is 250 g/mol. The van der Waals surface area contributed by atoms with E-state index in [1.54, 1.807) is 18.7 Å². The van der Waals surface area contributed by atoms with Crippen LogP contribution in [-0.2, 0) is 12.6 Å². The number of hydrogen-bond acceptors (Lipinski definition) is 5. The highest BCUT2D eigenvalue weighted by Crippen LogP contribution is 2.27. The summed E-state index contributed by atoms with van der Waals surface area (Å²) in [5.74, 6) is 0.505. The van der Waals surface area contributed by atoms with Crippen molar-refractivity contribution >= 4 is 11.8 Å². The Morgan fingerprint density at radius 2 is 2.06 bits per heavy atom. The predicted molar refractivity (Wildman–Crippen MR) is 65.5 cm³/mol. The Balaban J connectivity index is 2.06. The zero-order valence-electron chi connectivity index (χ0n) is 9.74. The summed E-state index contributed by atoms with van der Waals surface area (Å²) in [6, 6.07) is 9.58. The van der Waals surface area contributed by atoms with Crippen molar-refractivity contribution in [3.63, 3.8) is 0 Å². The maximum absolute atomic E-state index is 10.4. The van der Waals surface area contributed by atoms with Gasteiger partial charge in [-0.25, -0.2) is 4.68 Å². The predicted octanol–water partition coefficient (Wildman–Crippen LogP) is 1.21. The van der Waals surface area contributed by atoms with E-state index in [1.807, 2.05) is 30.3 Å². The molecule has 0 radical (unpaired) electrons. The first-order valence-electron chi connectivity index (χ1n) is 5.23. The fraction of sp³-hybridized carbons (Fsp3) is 0.364. The smallest absolute Gasteiger partial charge is 0.209 e. The van der Waals surface area contributed by atoms with Gasteiger partial charge in [-0.2, -0.15) is 0 Å². The molecule has 1 aromatic carbocycles. The maximum Gasteiger partial charge on any atom is 0.209 e. The number of aliphatic hydroxyl groups is 1. The van der Waals surface area contributed by atoms with Crippen molar-refractivity contribution in [1.82, 2.24) is 20.2 Å². The van der Waals surface area contributed by atoms with Gasteiger partial charge in [0.2, 0.25) is 5.16 Å². The number of benzene rings is 1. The van der Waals surface area contributed by atoms with Crippen LogP contribution in [0.25, 0.3) is 0 Å². The van der Waals surface area contributed by atoms with Crippen LogP contribution in [0.1, 0.15) is 12.5 Å². The lowest BCUT2D eigenvalue weighted by Gasteiger charge is -2.22. The highest BCUT2D eigenvalue weighted by Gasteiger charge is 2.24. The summed E-state index contributed by atoms with van der Waals surface area (Å²) in [7, 11) is 1.78. The van der Waals surface area contributed by atoms with E-state index in [1.165, 1.54) is 11.8 Å². The number of aromatic nitrogens is 4. The zero-order chi connectivity index (χ0) is 12.3. The quantitative estimate of drug-likeness (QED) is 0.826. The normalized spacial score (nSPS) is 14.5. The van der Waals surface area contributed by atoms with Gasteiger partial charge >= 0.3 is 0 Å². The molecule has 2 rings (SSSR count). The molecule has 1 unspecified atom stereocenters. The first kappa shape index (κ1) is 12.1. The minimum absolute atomic E-state index is 0.505. The van der Waals surface area contributed by atoms with E-state index in [0.717, 1.165) is 5.56 Å². The van der Waals surface area contributed by atoms with Gasteiger partial charge < -0.3 is 5.11 Å². The third kappa shape index (κ3) is 2.83. The van der Waals surface area contributed by atoms with E-state index in [2.05, 4.69) is 15.5 Å². The van der Waals surface area contributed by atoms with Crippen LogP contribution in [0.2, 0.25) is 0 Å². The van der Waals surface area contributed by atoms with Crippen LogP contribution in [0.3, 0.4) is 0 Å². The lowest BCUT2D eigenvalue weighted by atomic mass is 9.99. The lowest BCUT2D eigenvalue weighted by Crippen LogP contribution is -2.24. The summed E-state index contributed by atoms with van der Waals surface area (Å²) in [5.41, 5.74) is 0.000326. The molecule has 1 heterocycles. The highest BCUT2D eigenvalue weighted by molar-refractivity contribution is 7.99. The Kier molecular flexibility index (Phi) is 3.44. The Morgan fingerprint density at radius 1 is 1.35 bits per heavy atom.